The Morgan fingerprint density at radius 1 is 1.00 bits per heavy atom. The number of carbonyl (C=O) groups is 2. The molecule has 0 aliphatic rings. The van der Waals surface area contributed by atoms with E-state index in [0.29, 0.717) is 5.75 Å². The molecule has 0 spiro atoms. The van der Waals surface area contributed by atoms with Crippen LogP contribution in [0.2, 0.25) is 0 Å². The Balaban J connectivity index is 2.05. The molecule has 0 aromatic heterocycles. The Labute approximate surface area is 164 Å². The number of halogens is 1. The smallest absolute Gasteiger partial charge is 0.412 e. The topological polar surface area (TPSA) is 76.7 Å². The number of hydrogen-bond donors (Lipinski definition) is 2. The minimum Gasteiger partial charge on any atom is -0.483 e. The van der Waals surface area contributed by atoms with E-state index in [1.807, 2.05) is 32.0 Å². The fourth-order valence-electron chi connectivity index (χ4n) is 2.33. The molecule has 0 atom stereocenters. The Morgan fingerprint density at radius 2 is 1.71 bits per heavy atom. The molecule has 0 radical (unpaired) electrons. The molecular weight excluding hydrogens is 363 g/mol. The summed E-state index contributed by atoms with van der Waals surface area (Å²) in [7, 11) is 0. The molecular formula is C21H25FN2O4. The van der Waals surface area contributed by atoms with Gasteiger partial charge in [-0.05, 0) is 70.0 Å². The fourth-order valence-corrected chi connectivity index (χ4v) is 2.33. The Hall–Kier alpha value is -3.09. The standard InChI is InChI=1S/C21H25FN2O4/c1-13-6-7-14(2)18(10-13)27-12-19(25)23-17-11-15(22)8-9-16(17)24-20(26)28-21(3,4)5/h6-11H,12H2,1-5H3,(H,23,25)(H,24,26). The highest BCUT2D eigenvalue weighted by Crippen LogP contribution is 2.24. The van der Waals surface area contributed by atoms with Gasteiger partial charge in [0.1, 0.15) is 17.2 Å². The van der Waals surface area contributed by atoms with Gasteiger partial charge in [-0.25, -0.2) is 9.18 Å². The predicted octanol–water partition coefficient (Wildman–Crippen LogP) is 4.81. The number of benzene rings is 2. The van der Waals surface area contributed by atoms with Crippen molar-refractivity contribution in [3.63, 3.8) is 0 Å². The number of amides is 2. The van der Waals surface area contributed by atoms with Gasteiger partial charge in [-0.3, -0.25) is 10.1 Å². The van der Waals surface area contributed by atoms with Gasteiger partial charge in [0.05, 0.1) is 11.4 Å². The molecule has 28 heavy (non-hydrogen) atoms. The molecule has 0 aliphatic carbocycles. The van der Waals surface area contributed by atoms with Crippen LogP contribution in [0.4, 0.5) is 20.6 Å². The van der Waals surface area contributed by atoms with Gasteiger partial charge in [-0.1, -0.05) is 12.1 Å². The van der Waals surface area contributed by atoms with Gasteiger partial charge in [-0.2, -0.15) is 0 Å². The summed E-state index contributed by atoms with van der Waals surface area (Å²) in [4.78, 5) is 24.2. The molecule has 150 valence electrons. The number of rotatable bonds is 5. The first-order chi connectivity index (χ1) is 13.0. The fraction of sp³-hybridized carbons (Fsp3) is 0.333. The van der Waals surface area contributed by atoms with Crippen molar-refractivity contribution in [1.29, 1.82) is 0 Å². The third kappa shape index (κ3) is 6.57. The van der Waals surface area contributed by atoms with Crippen LogP contribution in [0.15, 0.2) is 36.4 Å². The minimum atomic E-state index is -0.707. The Bertz CT molecular complexity index is 875. The second-order valence-corrected chi connectivity index (χ2v) is 7.42. The Kier molecular flexibility index (Phi) is 6.62. The zero-order chi connectivity index (χ0) is 20.9. The highest BCUT2D eigenvalue weighted by Gasteiger charge is 2.18. The summed E-state index contributed by atoms with van der Waals surface area (Å²) in [6.07, 6.45) is -0.707. The van der Waals surface area contributed by atoms with Gasteiger partial charge in [0, 0.05) is 0 Å². The Morgan fingerprint density at radius 3 is 2.39 bits per heavy atom. The molecule has 0 bridgehead atoms. The van der Waals surface area contributed by atoms with Gasteiger partial charge < -0.3 is 14.8 Å². The lowest BCUT2D eigenvalue weighted by atomic mass is 10.1. The predicted molar refractivity (Wildman–Crippen MR) is 106 cm³/mol. The van der Waals surface area contributed by atoms with E-state index in [-0.39, 0.29) is 18.0 Å². The maximum atomic E-state index is 13.6. The first-order valence-corrected chi connectivity index (χ1v) is 8.83. The van der Waals surface area contributed by atoms with Crippen LogP contribution in [-0.4, -0.2) is 24.2 Å². The molecule has 2 aromatic rings. The lowest BCUT2D eigenvalue weighted by Gasteiger charge is -2.20. The number of nitrogens with one attached hydrogen (secondary N) is 2. The SMILES string of the molecule is Cc1ccc(C)c(OCC(=O)Nc2cc(F)ccc2NC(=O)OC(C)(C)C)c1. The van der Waals surface area contributed by atoms with E-state index in [1.165, 1.54) is 12.1 Å². The zero-order valence-electron chi connectivity index (χ0n) is 16.7. The van der Waals surface area contributed by atoms with Gasteiger partial charge in [0.15, 0.2) is 6.61 Å². The quantitative estimate of drug-likeness (QED) is 0.771. The molecule has 2 rings (SSSR count). The normalized spacial score (nSPS) is 10.9. The molecule has 0 heterocycles. The van der Waals surface area contributed by atoms with Crippen LogP contribution in [0.1, 0.15) is 31.9 Å². The lowest BCUT2D eigenvalue weighted by molar-refractivity contribution is -0.118. The molecule has 0 aliphatic heterocycles. The summed E-state index contributed by atoms with van der Waals surface area (Å²) in [6.45, 7) is 8.72. The summed E-state index contributed by atoms with van der Waals surface area (Å²) in [5.74, 6) is -0.444. The van der Waals surface area contributed by atoms with E-state index in [4.69, 9.17) is 9.47 Å². The largest absolute Gasteiger partial charge is 0.483 e. The van der Waals surface area contributed by atoms with E-state index in [9.17, 15) is 14.0 Å². The third-order valence-electron chi connectivity index (χ3n) is 3.59. The van der Waals surface area contributed by atoms with Crippen molar-refractivity contribution in [2.75, 3.05) is 17.2 Å². The summed E-state index contributed by atoms with van der Waals surface area (Å²) in [5, 5.41) is 5.06. The minimum absolute atomic E-state index is 0.112. The molecule has 0 fully saturated rings. The molecule has 2 amide bonds. The van der Waals surface area contributed by atoms with Crippen molar-refractivity contribution >= 4 is 23.4 Å². The lowest BCUT2D eigenvalue weighted by Crippen LogP contribution is -2.28. The van der Waals surface area contributed by atoms with Crippen molar-refractivity contribution in [3.05, 3.63) is 53.3 Å². The highest BCUT2D eigenvalue weighted by molar-refractivity contribution is 5.98. The maximum Gasteiger partial charge on any atom is 0.412 e. The molecule has 6 nitrogen and oxygen atoms in total. The van der Waals surface area contributed by atoms with Crippen LogP contribution in [0.3, 0.4) is 0 Å². The van der Waals surface area contributed by atoms with Gasteiger partial charge in [0.2, 0.25) is 0 Å². The second kappa shape index (κ2) is 8.73. The highest BCUT2D eigenvalue weighted by atomic mass is 19.1. The van der Waals surface area contributed by atoms with Gasteiger partial charge in [0.25, 0.3) is 5.91 Å². The molecule has 2 N–H and O–H groups in total. The summed E-state index contributed by atoms with van der Waals surface area (Å²) in [5.41, 5.74) is 1.55. The average Bonchev–Trinajstić information content (AvgIpc) is 2.56. The van der Waals surface area contributed by atoms with E-state index >= 15 is 0 Å². The number of ether oxygens (including phenoxy) is 2. The number of aryl methyl sites for hydroxylation is 2. The summed E-state index contributed by atoms with van der Waals surface area (Å²) < 4.78 is 24.4. The van der Waals surface area contributed by atoms with E-state index < -0.39 is 23.4 Å². The monoisotopic (exact) mass is 388 g/mol. The maximum absolute atomic E-state index is 13.6. The van der Waals surface area contributed by atoms with Crippen molar-refractivity contribution in [3.8, 4) is 5.75 Å². The van der Waals surface area contributed by atoms with Crippen molar-refractivity contribution < 1.29 is 23.5 Å². The second-order valence-electron chi connectivity index (χ2n) is 7.42. The van der Waals surface area contributed by atoms with E-state index in [1.54, 1.807) is 20.8 Å². The summed E-state index contributed by atoms with van der Waals surface area (Å²) >= 11 is 0. The van der Waals surface area contributed by atoms with Crippen molar-refractivity contribution in [1.82, 2.24) is 0 Å². The number of carbonyl (C=O) groups excluding carboxylic acids is 2. The van der Waals surface area contributed by atoms with Crippen LogP contribution in [-0.2, 0) is 9.53 Å². The van der Waals surface area contributed by atoms with Crippen LogP contribution in [0.25, 0.3) is 0 Å². The number of anilines is 2. The van der Waals surface area contributed by atoms with Crippen molar-refractivity contribution in [2.24, 2.45) is 0 Å². The van der Waals surface area contributed by atoms with E-state index in [0.717, 1.165) is 17.2 Å². The van der Waals surface area contributed by atoms with Crippen LogP contribution in [0.5, 0.6) is 5.75 Å². The number of hydrogen-bond acceptors (Lipinski definition) is 4. The van der Waals surface area contributed by atoms with Gasteiger partial charge >= 0.3 is 6.09 Å². The summed E-state index contributed by atoms with van der Waals surface area (Å²) in [6, 6.07) is 9.32. The average molecular weight is 388 g/mol. The van der Waals surface area contributed by atoms with Crippen LogP contribution >= 0.6 is 0 Å². The first kappa shape index (κ1) is 21.2. The van der Waals surface area contributed by atoms with Crippen LogP contribution in [0, 0.1) is 19.7 Å². The molecule has 2 aromatic carbocycles. The molecule has 0 saturated heterocycles. The zero-order valence-corrected chi connectivity index (χ0v) is 16.7. The molecule has 7 heteroatoms. The van der Waals surface area contributed by atoms with E-state index in [2.05, 4.69) is 10.6 Å². The molecule has 0 saturated carbocycles. The third-order valence-corrected chi connectivity index (χ3v) is 3.59. The van der Waals surface area contributed by atoms with Crippen molar-refractivity contribution in [2.45, 2.75) is 40.2 Å². The van der Waals surface area contributed by atoms with Crippen LogP contribution < -0.4 is 15.4 Å². The first-order valence-electron chi connectivity index (χ1n) is 8.83. The van der Waals surface area contributed by atoms with Gasteiger partial charge in [-0.15, -0.1) is 0 Å². The molecule has 0 unspecified atom stereocenters.